The number of carbonyl (C=O) groups is 2. The van der Waals surface area contributed by atoms with Crippen molar-refractivity contribution in [2.24, 2.45) is 0 Å². The third kappa shape index (κ3) is 3.97. The minimum atomic E-state index is -0.536. The number of ether oxygens (including phenoxy) is 1. The molecule has 1 rings (SSSR count). The van der Waals surface area contributed by atoms with Crippen molar-refractivity contribution in [2.75, 3.05) is 38.2 Å². The minimum Gasteiger partial charge on any atom is -0.461 e. The van der Waals surface area contributed by atoms with Crippen molar-refractivity contribution in [1.29, 1.82) is 0 Å². The van der Waals surface area contributed by atoms with Crippen LogP contribution < -0.4 is 4.90 Å². The number of rotatable bonds is 7. The summed E-state index contributed by atoms with van der Waals surface area (Å²) in [6.07, 6.45) is 1.23. The number of hydrogen-bond acceptors (Lipinski definition) is 6. The molecule has 0 aromatic carbocycles. The Morgan fingerprint density at radius 1 is 1.30 bits per heavy atom. The average molecular weight is 283 g/mol. The number of amides is 1. The van der Waals surface area contributed by atoms with E-state index in [1.54, 1.807) is 23.8 Å². The quantitative estimate of drug-likeness (QED) is 0.699. The third-order valence-electron chi connectivity index (χ3n) is 2.79. The number of oxazole rings is 1. The van der Waals surface area contributed by atoms with E-state index in [-0.39, 0.29) is 30.8 Å². The third-order valence-corrected chi connectivity index (χ3v) is 2.79. The maximum absolute atomic E-state index is 12.0. The summed E-state index contributed by atoms with van der Waals surface area (Å²) >= 11 is 0. The molecule has 0 aliphatic heterocycles. The lowest BCUT2D eigenvalue weighted by Gasteiger charge is -2.22. The maximum Gasteiger partial charge on any atom is 0.360 e. The molecule has 0 unspecified atom stereocenters. The molecule has 0 fully saturated rings. The molecular weight excluding hydrogens is 262 g/mol. The summed E-state index contributed by atoms with van der Waals surface area (Å²) in [5.41, 5.74) is 0.101. The van der Waals surface area contributed by atoms with Crippen LogP contribution in [0.4, 0.5) is 6.01 Å². The predicted octanol–water partition coefficient (Wildman–Crippen LogP) is 1.16. The summed E-state index contributed by atoms with van der Waals surface area (Å²) in [4.78, 5) is 30.7. The van der Waals surface area contributed by atoms with E-state index in [2.05, 4.69) is 4.98 Å². The molecule has 1 aromatic rings. The largest absolute Gasteiger partial charge is 0.461 e. The van der Waals surface area contributed by atoms with Crippen LogP contribution in [0.5, 0.6) is 0 Å². The average Bonchev–Trinajstić information content (AvgIpc) is 2.90. The van der Waals surface area contributed by atoms with Crippen LogP contribution in [0.1, 0.15) is 31.3 Å². The van der Waals surface area contributed by atoms with E-state index in [1.165, 1.54) is 6.26 Å². The molecule has 0 aliphatic carbocycles. The molecule has 0 radical (unpaired) electrons. The zero-order valence-corrected chi connectivity index (χ0v) is 12.4. The molecule has 1 aromatic heterocycles. The van der Waals surface area contributed by atoms with Gasteiger partial charge in [0, 0.05) is 20.1 Å². The number of esters is 1. The standard InChI is InChI=1S/C13H21N3O4/c1-5-16(6-2)11(17)8-15(4)13-14-10(9-20-13)12(18)19-7-3/h9H,5-8H2,1-4H3. The zero-order valence-electron chi connectivity index (χ0n) is 12.4. The van der Waals surface area contributed by atoms with Gasteiger partial charge in [-0.25, -0.2) is 4.79 Å². The van der Waals surface area contributed by atoms with Gasteiger partial charge in [0.2, 0.25) is 5.91 Å². The summed E-state index contributed by atoms with van der Waals surface area (Å²) < 4.78 is 10.0. The predicted molar refractivity (Wildman–Crippen MR) is 73.7 cm³/mol. The smallest absolute Gasteiger partial charge is 0.360 e. The number of aromatic nitrogens is 1. The van der Waals surface area contributed by atoms with Crippen LogP contribution in [0.25, 0.3) is 0 Å². The highest BCUT2D eigenvalue weighted by atomic mass is 16.5. The van der Waals surface area contributed by atoms with Gasteiger partial charge in [0.1, 0.15) is 12.8 Å². The molecule has 0 atom stereocenters. The first-order valence-corrected chi connectivity index (χ1v) is 6.64. The number of carbonyl (C=O) groups excluding carboxylic acids is 2. The fraction of sp³-hybridized carbons (Fsp3) is 0.615. The van der Waals surface area contributed by atoms with Crippen molar-refractivity contribution < 1.29 is 18.7 Å². The van der Waals surface area contributed by atoms with E-state index < -0.39 is 5.97 Å². The highest BCUT2D eigenvalue weighted by Crippen LogP contribution is 2.13. The van der Waals surface area contributed by atoms with Gasteiger partial charge in [0.15, 0.2) is 5.69 Å². The van der Waals surface area contributed by atoms with Gasteiger partial charge in [0.05, 0.1) is 6.61 Å². The Labute approximate surface area is 118 Å². The molecule has 0 spiro atoms. The van der Waals surface area contributed by atoms with Gasteiger partial charge in [-0.05, 0) is 20.8 Å². The van der Waals surface area contributed by atoms with E-state index in [1.807, 2.05) is 13.8 Å². The van der Waals surface area contributed by atoms with Crippen LogP contribution in [0, 0.1) is 0 Å². The Kier molecular flexibility index (Phi) is 6.02. The Balaban J connectivity index is 2.66. The Morgan fingerprint density at radius 2 is 1.95 bits per heavy atom. The second-order valence-electron chi connectivity index (χ2n) is 4.16. The molecular formula is C13H21N3O4. The van der Waals surface area contributed by atoms with Gasteiger partial charge >= 0.3 is 5.97 Å². The highest BCUT2D eigenvalue weighted by Gasteiger charge is 2.18. The summed E-state index contributed by atoms with van der Waals surface area (Å²) in [7, 11) is 1.68. The molecule has 1 heterocycles. The number of nitrogens with zero attached hydrogens (tertiary/aromatic N) is 3. The van der Waals surface area contributed by atoms with Crippen molar-refractivity contribution in [3.63, 3.8) is 0 Å². The molecule has 0 saturated heterocycles. The van der Waals surface area contributed by atoms with E-state index in [0.717, 1.165) is 0 Å². The zero-order chi connectivity index (χ0) is 15.1. The van der Waals surface area contributed by atoms with Gasteiger partial charge in [-0.2, -0.15) is 4.98 Å². The number of anilines is 1. The van der Waals surface area contributed by atoms with E-state index in [9.17, 15) is 9.59 Å². The van der Waals surface area contributed by atoms with Crippen LogP contribution in [0.15, 0.2) is 10.7 Å². The highest BCUT2D eigenvalue weighted by molar-refractivity contribution is 5.87. The lowest BCUT2D eigenvalue weighted by molar-refractivity contribution is -0.129. The van der Waals surface area contributed by atoms with Crippen LogP contribution in [0.3, 0.4) is 0 Å². The lowest BCUT2D eigenvalue weighted by atomic mass is 10.4. The molecule has 20 heavy (non-hydrogen) atoms. The molecule has 1 amide bonds. The summed E-state index contributed by atoms with van der Waals surface area (Å²) in [5, 5.41) is 0. The van der Waals surface area contributed by atoms with Crippen LogP contribution in [-0.4, -0.2) is 55.0 Å². The van der Waals surface area contributed by atoms with Gasteiger partial charge in [-0.1, -0.05) is 0 Å². The summed E-state index contributed by atoms with van der Waals surface area (Å²) in [5.74, 6) is -0.556. The summed E-state index contributed by atoms with van der Waals surface area (Å²) in [6.45, 7) is 7.29. The number of hydrogen-bond donors (Lipinski definition) is 0. The Morgan fingerprint density at radius 3 is 2.50 bits per heavy atom. The first kappa shape index (κ1) is 16.0. The van der Waals surface area contributed by atoms with Crippen molar-refractivity contribution in [3.05, 3.63) is 12.0 Å². The SMILES string of the molecule is CCOC(=O)c1coc(N(C)CC(=O)N(CC)CC)n1. The second kappa shape index (κ2) is 7.52. The lowest BCUT2D eigenvalue weighted by Crippen LogP contribution is -2.38. The molecule has 112 valence electrons. The van der Waals surface area contributed by atoms with Crippen LogP contribution in [0.2, 0.25) is 0 Å². The van der Waals surface area contributed by atoms with Gasteiger partial charge in [-0.3, -0.25) is 4.79 Å². The van der Waals surface area contributed by atoms with Crippen LogP contribution in [-0.2, 0) is 9.53 Å². The van der Waals surface area contributed by atoms with E-state index >= 15 is 0 Å². The minimum absolute atomic E-state index is 0.0200. The second-order valence-corrected chi connectivity index (χ2v) is 4.16. The Hall–Kier alpha value is -2.05. The normalized spacial score (nSPS) is 10.2. The topological polar surface area (TPSA) is 75.9 Å². The molecule has 0 bridgehead atoms. The van der Waals surface area contributed by atoms with Crippen molar-refractivity contribution >= 4 is 17.9 Å². The van der Waals surface area contributed by atoms with Gasteiger partial charge in [-0.15, -0.1) is 0 Å². The molecule has 0 aliphatic rings. The van der Waals surface area contributed by atoms with Crippen LogP contribution >= 0.6 is 0 Å². The van der Waals surface area contributed by atoms with Crippen molar-refractivity contribution in [3.8, 4) is 0 Å². The number of likely N-dealkylation sites (N-methyl/N-ethyl adjacent to an activating group) is 2. The van der Waals surface area contributed by atoms with Crippen molar-refractivity contribution in [2.45, 2.75) is 20.8 Å². The Bertz CT molecular complexity index is 454. The van der Waals surface area contributed by atoms with E-state index in [4.69, 9.17) is 9.15 Å². The molecule has 7 heteroatoms. The van der Waals surface area contributed by atoms with E-state index in [0.29, 0.717) is 13.1 Å². The monoisotopic (exact) mass is 283 g/mol. The van der Waals surface area contributed by atoms with Gasteiger partial charge < -0.3 is 19.0 Å². The molecule has 7 nitrogen and oxygen atoms in total. The fourth-order valence-electron chi connectivity index (χ4n) is 1.69. The van der Waals surface area contributed by atoms with Gasteiger partial charge in [0.25, 0.3) is 6.01 Å². The molecule has 0 saturated carbocycles. The van der Waals surface area contributed by atoms with Crippen molar-refractivity contribution in [1.82, 2.24) is 9.88 Å². The maximum atomic E-state index is 12.0. The molecule has 0 N–H and O–H groups in total. The first-order chi connectivity index (χ1) is 9.53. The summed E-state index contributed by atoms with van der Waals surface area (Å²) in [6, 6.07) is 0.216. The fourth-order valence-corrected chi connectivity index (χ4v) is 1.69. The first-order valence-electron chi connectivity index (χ1n) is 6.64.